The van der Waals surface area contributed by atoms with Gasteiger partial charge in [-0.1, -0.05) is 12.1 Å². The zero-order valence-electron chi connectivity index (χ0n) is 14.4. The zero-order valence-corrected chi connectivity index (χ0v) is 16.2. The Kier molecular flexibility index (Phi) is 9.47. The average molecular weight is 450 g/mol. The van der Waals surface area contributed by atoms with Crippen molar-refractivity contribution < 1.29 is 29.1 Å². The molecule has 0 fully saturated rings. The number of hydrogen-bond donors (Lipinski definition) is 2. The van der Waals surface area contributed by atoms with Crippen LogP contribution < -0.4 is 11.5 Å². The monoisotopic (exact) mass is 451 g/mol. The number of pyridine rings is 3. The fourth-order valence-electron chi connectivity index (χ4n) is 2.14. The Labute approximate surface area is 170 Å². The van der Waals surface area contributed by atoms with Crippen LogP contribution in [-0.4, -0.2) is 26.8 Å². The first kappa shape index (κ1) is 22.1. The van der Waals surface area contributed by atoms with Crippen molar-refractivity contribution >= 4 is 11.8 Å². The maximum Gasteiger partial charge on any atom is 0.217 e. The fourth-order valence-corrected chi connectivity index (χ4v) is 2.14. The molecular formula is C19H19N5O2Ru. The van der Waals surface area contributed by atoms with Crippen molar-refractivity contribution in [1.29, 1.82) is 0 Å². The Bertz CT molecular complexity index is 788. The van der Waals surface area contributed by atoms with E-state index in [-0.39, 0.29) is 32.3 Å². The zero-order chi connectivity index (χ0) is 18.8. The van der Waals surface area contributed by atoms with E-state index in [9.17, 15) is 9.59 Å². The summed E-state index contributed by atoms with van der Waals surface area (Å²) in [5.74, 6) is -0.993. The largest absolute Gasteiger partial charge is 0.370 e. The molecule has 4 N–H and O–H groups in total. The Balaban J connectivity index is 0.000000350. The van der Waals surface area contributed by atoms with E-state index >= 15 is 0 Å². The first-order valence-electron chi connectivity index (χ1n) is 7.90. The van der Waals surface area contributed by atoms with Crippen molar-refractivity contribution in [2.45, 2.75) is 12.8 Å². The van der Waals surface area contributed by atoms with Crippen LogP contribution in [0.5, 0.6) is 0 Å². The summed E-state index contributed by atoms with van der Waals surface area (Å²) in [4.78, 5) is 32.6. The van der Waals surface area contributed by atoms with Crippen molar-refractivity contribution in [2.75, 3.05) is 0 Å². The second-order valence-corrected chi connectivity index (χ2v) is 5.32. The van der Waals surface area contributed by atoms with Crippen molar-refractivity contribution in [3.63, 3.8) is 0 Å². The number of nitrogens with two attached hydrogens (primary N) is 2. The third kappa shape index (κ3) is 7.42. The van der Waals surface area contributed by atoms with E-state index in [0.717, 1.165) is 22.4 Å². The van der Waals surface area contributed by atoms with E-state index in [0.29, 0.717) is 0 Å². The summed E-state index contributed by atoms with van der Waals surface area (Å²) >= 11 is 0. The minimum atomic E-state index is -0.496. The maximum atomic E-state index is 9.92. The van der Waals surface area contributed by atoms with E-state index in [1.807, 2.05) is 48.8 Å². The van der Waals surface area contributed by atoms with Gasteiger partial charge in [0.2, 0.25) is 11.8 Å². The molecule has 0 bridgehead atoms. The van der Waals surface area contributed by atoms with Crippen LogP contribution in [0.1, 0.15) is 12.8 Å². The van der Waals surface area contributed by atoms with Crippen molar-refractivity contribution in [2.24, 2.45) is 11.5 Å². The summed E-state index contributed by atoms with van der Waals surface area (Å²) in [6.07, 6.45) is 9.09. The summed E-state index contributed by atoms with van der Waals surface area (Å²) in [6, 6.07) is 11.9. The summed E-state index contributed by atoms with van der Waals surface area (Å²) in [7, 11) is 0. The van der Waals surface area contributed by atoms with E-state index in [1.165, 1.54) is 0 Å². The maximum absolute atomic E-state index is 9.92. The van der Waals surface area contributed by atoms with Gasteiger partial charge in [-0.3, -0.25) is 24.5 Å². The quantitative estimate of drug-likeness (QED) is 0.575. The number of rotatable bonds is 5. The molecule has 8 heteroatoms. The molecule has 0 atom stereocenters. The molecule has 0 aliphatic heterocycles. The molecule has 2 amide bonds. The normalized spacial score (nSPS) is 9.33. The molecule has 7 nitrogen and oxygen atoms in total. The molecule has 140 valence electrons. The van der Waals surface area contributed by atoms with Crippen molar-refractivity contribution in [3.8, 4) is 22.4 Å². The number of hydrogen-bond acceptors (Lipinski definition) is 5. The van der Waals surface area contributed by atoms with Crippen LogP contribution in [0, 0.1) is 0 Å². The first-order valence-corrected chi connectivity index (χ1v) is 7.90. The van der Waals surface area contributed by atoms with Gasteiger partial charge in [-0.15, -0.1) is 0 Å². The predicted octanol–water partition coefficient (Wildman–Crippen LogP) is 1.94. The molecule has 3 aromatic rings. The summed E-state index contributed by atoms with van der Waals surface area (Å²) in [5, 5.41) is 0. The molecule has 27 heavy (non-hydrogen) atoms. The van der Waals surface area contributed by atoms with Gasteiger partial charge in [0.15, 0.2) is 0 Å². The van der Waals surface area contributed by atoms with E-state index in [4.69, 9.17) is 11.5 Å². The molecule has 3 heterocycles. The van der Waals surface area contributed by atoms with Crippen LogP contribution in [0.25, 0.3) is 22.4 Å². The molecule has 0 unspecified atom stereocenters. The average Bonchev–Trinajstić information content (AvgIpc) is 2.68. The molecular weight excluding hydrogens is 431 g/mol. The fraction of sp³-hybridized carbons (Fsp3) is 0.105. The van der Waals surface area contributed by atoms with E-state index in [2.05, 4.69) is 15.0 Å². The van der Waals surface area contributed by atoms with Crippen LogP contribution >= 0.6 is 0 Å². The van der Waals surface area contributed by atoms with Gasteiger partial charge in [0.1, 0.15) is 0 Å². The number of carbonyl (C=O) groups excluding carboxylic acids is 2. The van der Waals surface area contributed by atoms with Crippen LogP contribution in [0.15, 0.2) is 67.4 Å². The molecule has 0 saturated carbocycles. The van der Waals surface area contributed by atoms with Gasteiger partial charge in [-0.25, -0.2) is 0 Å². The van der Waals surface area contributed by atoms with Gasteiger partial charge < -0.3 is 11.5 Å². The second-order valence-electron chi connectivity index (χ2n) is 5.32. The van der Waals surface area contributed by atoms with Crippen LogP contribution in [-0.2, 0) is 29.1 Å². The van der Waals surface area contributed by atoms with Crippen LogP contribution in [0.3, 0.4) is 0 Å². The first-order chi connectivity index (χ1) is 12.6. The third-order valence-corrected chi connectivity index (χ3v) is 3.33. The van der Waals surface area contributed by atoms with Gasteiger partial charge in [0, 0.05) is 80.0 Å². The van der Waals surface area contributed by atoms with Gasteiger partial charge >= 0.3 is 0 Å². The number of aromatic nitrogens is 3. The molecule has 0 spiro atoms. The number of amides is 2. The predicted molar refractivity (Wildman–Crippen MR) is 98.3 cm³/mol. The summed E-state index contributed by atoms with van der Waals surface area (Å²) < 4.78 is 0. The van der Waals surface area contributed by atoms with Gasteiger partial charge in [-0.2, -0.15) is 0 Å². The molecule has 3 rings (SSSR count). The second kappa shape index (κ2) is 11.6. The Morgan fingerprint density at radius 2 is 1.30 bits per heavy atom. The molecule has 0 aliphatic carbocycles. The van der Waals surface area contributed by atoms with Crippen LogP contribution in [0.4, 0.5) is 0 Å². The third-order valence-electron chi connectivity index (χ3n) is 3.33. The standard InChI is InChI=1S/C15H11N3.C4H8N2O2.Ru/c1-4-12(10-16-7-1)14-6-3-9-18-15(14)13-5-2-8-17-11-13;5-3(7)1-2-4(6)8;/h1-11H;1-2H2,(H2,5,7)(H2,6,8);. The molecule has 0 saturated heterocycles. The topological polar surface area (TPSA) is 125 Å². The molecule has 3 aromatic heterocycles. The van der Waals surface area contributed by atoms with Crippen LogP contribution in [0.2, 0.25) is 0 Å². The Hall–Kier alpha value is -2.99. The van der Waals surface area contributed by atoms with Gasteiger partial charge in [-0.05, 0) is 24.3 Å². The minimum Gasteiger partial charge on any atom is -0.370 e. The molecule has 0 radical (unpaired) electrons. The number of nitrogens with zero attached hydrogens (tertiary/aromatic N) is 3. The minimum absolute atomic E-state index is 0. The molecule has 0 aliphatic rings. The number of primary amides is 2. The Morgan fingerprint density at radius 3 is 1.78 bits per heavy atom. The van der Waals surface area contributed by atoms with E-state index < -0.39 is 11.8 Å². The smallest absolute Gasteiger partial charge is 0.217 e. The number of carbonyl (C=O) groups is 2. The summed E-state index contributed by atoms with van der Waals surface area (Å²) in [6.45, 7) is 0. The SMILES string of the molecule is NC(=O)CCC(N)=O.[Ru].c1cncc(-c2cccnc2-c2cccnc2)c1. The summed E-state index contributed by atoms with van der Waals surface area (Å²) in [5.41, 5.74) is 13.5. The van der Waals surface area contributed by atoms with E-state index in [1.54, 1.807) is 18.6 Å². The van der Waals surface area contributed by atoms with Crippen molar-refractivity contribution in [1.82, 2.24) is 15.0 Å². The van der Waals surface area contributed by atoms with Gasteiger partial charge in [0.05, 0.1) is 5.69 Å². The van der Waals surface area contributed by atoms with Crippen molar-refractivity contribution in [3.05, 3.63) is 67.4 Å². The van der Waals surface area contributed by atoms with Gasteiger partial charge in [0.25, 0.3) is 0 Å². The molecule has 0 aromatic carbocycles. The Morgan fingerprint density at radius 1 is 0.778 bits per heavy atom.